The predicted octanol–water partition coefficient (Wildman–Crippen LogP) is 7.62. The van der Waals surface area contributed by atoms with Crippen LogP contribution < -0.4 is 10.1 Å². The molecule has 1 aliphatic heterocycles. The molecule has 2 fully saturated rings. The summed E-state index contributed by atoms with van der Waals surface area (Å²) in [5, 5.41) is 14.7. The van der Waals surface area contributed by atoms with Crippen LogP contribution in [0.15, 0.2) is 77.2 Å². The minimum atomic E-state index is -0.545. The van der Waals surface area contributed by atoms with E-state index in [2.05, 4.69) is 56.4 Å². The van der Waals surface area contributed by atoms with E-state index in [-0.39, 0.29) is 0 Å². The number of aliphatic hydroxyl groups is 1. The minimum absolute atomic E-state index is 0.309. The Labute approximate surface area is 268 Å². The van der Waals surface area contributed by atoms with Gasteiger partial charge in [0.25, 0.3) is 0 Å². The number of β-amino-alcohol motifs (C(OH)–C–C–N with tert-alkyl or cyclic N) is 1. The van der Waals surface area contributed by atoms with Gasteiger partial charge in [-0.05, 0) is 87.1 Å². The van der Waals surface area contributed by atoms with Gasteiger partial charge in [0.2, 0.25) is 0 Å². The van der Waals surface area contributed by atoms with Gasteiger partial charge < -0.3 is 24.6 Å². The fourth-order valence-electron chi connectivity index (χ4n) is 6.07. The largest absolute Gasteiger partial charge is 0.497 e. The van der Waals surface area contributed by atoms with Crippen LogP contribution in [0.2, 0.25) is 0 Å². The first-order chi connectivity index (χ1) is 21.1. The molecule has 2 aliphatic carbocycles. The van der Waals surface area contributed by atoms with Crippen LogP contribution in [0.5, 0.6) is 5.75 Å². The highest BCUT2D eigenvalue weighted by molar-refractivity contribution is 6.12. The molecule has 1 aromatic carbocycles. The number of ether oxygens (including phenoxy) is 3. The van der Waals surface area contributed by atoms with Crippen molar-refractivity contribution in [1.82, 2.24) is 10.2 Å². The molecule has 7 heteroatoms. The number of aliphatic imine (C=N–C) groups is 1. The summed E-state index contributed by atoms with van der Waals surface area (Å²) in [6, 6.07) is 9.47. The number of rotatable bonds is 10. The maximum absolute atomic E-state index is 11.1. The van der Waals surface area contributed by atoms with Gasteiger partial charge in [0.15, 0.2) is 6.79 Å². The molecular formula is C37H61N3O4. The Bertz CT molecular complexity index is 1130. The Hall–Kier alpha value is -2.71. The van der Waals surface area contributed by atoms with Crippen molar-refractivity contribution in [3.05, 3.63) is 77.7 Å². The average molecular weight is 612 g/mol. The third-order valence-corrected chi connectivity index (χ3v) is 8.38. The van der Waals surface area contributed by atoms with Crippen molar-refractivity contribution in [2.75, 3.05) is 34.1 Å². The van der Waals surface area contributed by atoms with Gasteiger partial charge in [-0.3, -0.25) is 9.89 Å². The van der Waals surface area contributed by atoms with E-state index in [0.29, 0.717) is 36.9 Å². The quantitative estimate of drug-likeness (QED) is 0.265. The van der Waals surface area contributed by atoms with E-state index in [1.165, 1.54) is 24.6 Å². The summed E-state index contributed by atoms with van der Waals surface area (Å²) >= 11 is 0. The summed E-state index contributed by atoms with van der Waals surface area (Å²) in [6.45, 7) is 24.8. The van der Waals surface area contributed by atoms with Crippen LogP contribution in [0.4, 0.5) is 0 Å². The highest BCUT2D eigenvalue weighted by atomic mass is 16.7. The van der Waals surface area contributed by atoms with Gasteiger partial charge in [-0.1, -0.05) is 66.7 Å². The number of fused-ring (bicyclic) bond motifs is 1. The Balaban J connectivity index is 0.000000502. The van der Waals surface area contributed by atoms with Crippen molar-refractivity contribution in [1.29, 1.82) is 0 Å². The second kappa shape index (κ2) is 20.3. The molecule has 1 saturated heterocycles. The van der Waals surface area contributed by atoms with Gasteiger partial charge in [-0.25, -0.2) is 0 Å². The smallest absolute Gasteiger partial charge is 0.188 e. The third kappa shape index (κ3) is 10.7. The van der Waals surface area contributed by atoms with Crippen molar-refractivity contribution in [2.45, 2.75) is 106 Å². The summed E-state index contributed by atoms with van der Waals surface area (Å²) in [7, 11) is 3.26. The lowest BCUT2D eigenvalue weighted by Gasteiger charge is -2.59. The molecule has 248 valence electrons. The van der Waals surface area contributed by atoms with Crippen molar-refractivity contribution < 1.29 is 19.3 Å². The zero-order valence-electron chi connectivity index (χ0n) is 29.4. The summed E-state index contributed by atoms with van der Waals surface area (Å²) in [4.78, 5) is 6.85. The number of hydrogen-bond donors (Lipinski definition) is 2. The van der Waals surface area contributed by atoms with Crippen LogP contribution in [0, 0.1) is 12.3 Å². The van der Waals surface area contributed by atoms with Crippen molar-refractivity contribution >= 4 is 5.71 Å². The Morgan fingerprint density at radius 1 is 1.23 bits per heavy atom. The van der Waals surface area contributed by atoms with Gasteiger partial charge in [-0.15, -0.1) is 0 Å². The molecule has 2 N–H and O–H groups in total. The van der Waals surface area contributed by atoms with Crippen LogP contribution >= 0.6 is 0 Å². The summed E-state index contributed by atoms with van der Waals surface area (Å²) in [6.07, 6.45) is 10.4. The van der Waals surface area contributed by atoms with Crippen LogP contribution in [0.25, 0.3) is 0 Å². The highest BCUT2D eigenvalue weighted by Crippen LogP contribution is 2.54. The van der Waals surface area contributed by atoms with Crippen molar-refractivity contribution in [2.24, 2.45) is 10.4 Å². The Kier molecular flexibility index (Phi) is 18.2. The SMILES string of the molecule is C=CN=C1C=CC(OC)=C/C1=C(/C)C(O)CN1C(C)C2(C)CC(NCC)CC12.CC.CCC.COCOc1cccc(C)c1. The molecule has 1 heterocycles. The predicted molar refractivity (Wildman–Crippen MR) is 186 cm³/mol. The number of allylic oxidation sites excluding steroid dienone is 4. The van der Waals surface area contributed by atoms with Crippen LogP contribution in [0.3, 0.4) is 0 Å². The molecule has 0 aromatic heterocycles. The van der Waals surface area contributed by atoms with Gasteiger partial charge in [0.1, 0.15) is 11.5 Å². The number of nitrogens with zero attached hydrogens (tertiary/aromatic N) is 2. The second-order valence-corrected chi connectivity index (χ2v) is 11.6. The Morgan fingerprint density at radius 2 is 1.91 bits per heavy atom. The van der Waals surface area contributed by atoms with E-state index in [9.17, 15) is 5.11 Å². The molecule has 0 bridgehead atoms. The molecule has 3 aliphatic rings. The fourth-order valence-corrected chi connectivity index (χ4v) is 6.07. The van der Waals surface area contributed by atoms with E-state index in [4.69, 9.17) is 14.2 Å². The minimum Gasteiger partial charge on any atom is -0.497 e. The van der Waals surface area contributed by atoms with E-state index < -0.39 is 6.10 Å². The summed E-state index contributed by atoms with van der Waals surface area (Å²) in [5.41, 5.74) is 4.18. The van der Waals surface area contributed by atoms with Crippen molar-refractivity contribution in [3.63, 3.8) is 0 Å². The molecule has 44 heavy (non-hydrogen) atoms. The summed E-state index contributed by atoms with van der Waals surface area (Å²) < 4.78 is 15.4. The number of methoxy groups -OCH3 is 2. The zero-order valence-corrected chi connectivity index (χ0v) is 29.4. The van der Waals surface area contributed by atoms with Gasteiger partial charge >= 0.3 is 0 Å². The number of likely N-dealkylation sites (tertiary alicyclic amines) is 1. The standard InChI is InChI=1S/C23H35N3O2.C9H12O2.C3H8.C2H6/c1-7-24-17-11-22-23(5,13-17)16(4)26(22)14-21(27)15(3)19-12-18(28-6)9-10-20(19)25-8-2;1-8-4-3-5-9(6-8)11-7-10-2;1-3-2;1-2/h8-10,12,16-17,21-22,24,27H,2,7,11,13-14H2,1,3-6H3;3-6H,7H2,1-2H3;3H2,1-2H3;1-2H3/b19-15+,25-20?;;;. The van der Waals surface area contributed by atoms with Crippen LogP contribution in [-0.2, 0) is 9.47 Å². The topological polar surface area (TPSA) is 75.6 Å². The van der Waals surface area contributed by atoms with E-state index in [1.807, 2.05) is 70.2 Å². The lowest BCUT2D eigenvalue weighted by molar-refractivity contribution is -0.112. The molecule has 7 nitrogen and oxygen atoms in total. The molecule has 4 rings (SSSR count). The third-order valence-electron chi connectivity index (χ3n) is 8.38. The molecule has 1 aromatic rings. The number of hydrogen-bond acceptors (Lipinski definition) is 7. The molecule has 5 atom stereocenters. The molecule has 0 spiro atoms. The van der Waals surface area contributed by atoms with Gasteiger partial charge in [0.05, 0.1) is 18.9 Å². The maximum atomic E-state index is 11.1. The van der Waals surface area contributed by atoms with E-state index >= 15 is 0 Å². The van der Waals surface area contributed by atoms with Crippen molar-refractivity contribution in [3.8, 4) is 5.75 Å². The lowest BCUT2D eigenvalue weighted by Crippen LogP contribution is -2.68. The van der Waals surface area contributed by atoms with Gasteiger partial charge in [0, 0.05) is 43.6 Å². The van der Waals surface area contributed by atoms with Crippen LogP contribution in [0.1, 0.15) is 80.2 Å². The first-order valence-electron chi connectivity index (χ1n) is 16.3. The number of aliphatic hydroxyl groups excluding tert-OH is 1. The fraction of sp³-hybridized carbons (Fsp3) is 0.595. The monoisotopic (exact) mass is 611 g/mol. The molecular weight excluding hydrogens is 550 g/mol. The first kappa shape index (κ1) is 39.3. The zero-order chi connectivity index (χ0) is 33.3. The molecule has 0 radical (unpaired) electrons. The van der Waals surface area contributed by atoms with E-state index in [1.54, 1.807) is 14.2 Å². The lowest BCUT2D eigenvalue weighted by atomic mass is 9.68. The molecule has 5 unspecified atom stereocenters. The first-order valence-corrected chi connectivity index (χ1v) is 16.3. The maximum Gasteiger partial charge on any atom is 0.188 e. The summed E-state index contributed by atoms with van der Waals surface area (Å²) in [5.74, 6) is 1.62. The normalized spacial score (nSPS) is 26.2. The Morgan fingerprint density at radius 3 is 2.48 bits per heavy atom. The average Bonchev–Trinajstić information content (AvgIpc) is 3.33. The van der Waals surface area contributed by atoms with E-state index in [0.717, 1.165) is 41.3 Å². The van der Waals surface area contributed by atoms with Gasteiger partial charge in [-0.2, -0.15) is 0 Å². The molecule has 1 saturated carbocycles. The second-order valence-electron chi connectivity index (χ2n) is 11.6. The van der Waals surface area contributed by atoms with Crippen LogP contribution in [-0.4, -0.2) is 74.0 Å². The number of aryl methyl sites for hydroxylation is 1. The number of nitrogens with one attached hydrogen (secondary N) is 1. The molecule has 0 amide bonds. The number of benzene rings is 1. The highest BCUT2D eigenvalue weighted by Gasteiger charge is 2.60.